The van der Waals surface area contributed by atoms with Gasteiger partial charge in [-0.25, -0.2) is 8.42 Å². The van der Waals surface area contributed by atoms with Gasteiger partial charge in [-0.1, -0.05) is 15.9 Å². The Balaban J connectivity index is 3.21. The maximum Gasteiger partial charge on any atom is 0.245 e. The minimum absolute atomic E-state index is 0.000347. The Bertz CT molecular complexity index is 522. The molecule has 0 aliphatic carbocycles. The van der Waals surface area contributed by atoms with Crippen molar-refractivity contribution in [3.8, 4) is 11.8 Å². The Morgan fingerprint density at radius 3 is 2.81 bits per heavy atom. The average Bonchev–Trinajstić information content (AvgIpc) is 2.26. The normalized spacial score (nSPS) is 10.8. The molecule has 0 heterocycles. The predicted octanol–water partition coefficient (Wildman–Crippen LogP) is 1.26. The van der Waals surface area contributed by atoms with Gasteiger partial charge in [0.1, 0.15) is 10.6 Å². The molecule has 0 aromatic heterocycles. The molecule has 0 aliphatic heterocycles. The lowest BCUT2D eigenvalue weighted by molar-refractivity contribution is 0.402. The highest BCUT2D eigenvalue weighted by atomic mass is 79.9. The number of sulfonamides is 1. The van der Waals surface area contributed by atoms with Crippen LogP contribution in [0.1, 0.15) is 0 Å². The molecule has 86 valence electrons. The lowest BCUT2D eigenvalue weighted by atomic mass is 10.3. The molecule has 0 spiro atoms. The molecule has 0 saturated carbocycles. The van der Waals surface area contributed by atoms with E-state index < -0.39 is 10.0 Å². The molecule has 16 heavy (non-hydrogen) atoms. The van der Waals surface area contributed by atoms with Crippen LogP contribution in [0.4, 0.5) is 0 Å². The third-order valence-electron chi connectivity index (χ3n) is 1.76. The molecule has 1 aromatic carbocycles. The van der Waals surface area contributed by atoms with Crippen molar-refractivity contribution in [3.05, 3.63) is 22.7 Å². The van der Waals surface area contributed by atoms with Crippen LogP contribution in [0.2, 0.25) is 0 Å². The highest BCUT2D eigenvalue weighted by molar-refractivity contribution is 9.10. The van der Waals surface area contributed by atoms with Crippen LogP contribution in [-0.4, -0.2) is 22.1 Å². The molecule has 1 aromatic rings. The van der Waals surface area contributed by atoms with Crippen LogP contribution in [0, 0.1) is 11.3 Å². The summed E-state index contributed by atoms with van der Waals surface area (Å²) in [5.74, 6) is 0.230. The first-order valence-electron chi connectivity index (χ1n) is 4.21. The van der Waals surface area contributed by atoms with Gasteiger partial charge in [0, 0.05) is 4.47 Å². The molecule has 0 bridgehead atoms. The molecule has 1 N–H and O–H groups in total. The molecule has 0 radical (unpaired) electrons. The molecular weight excluding hydrogens is 296 g/mol. The summed E-state index contributed by atoms with van der Waals surface area (Å²) in [4.78, 5) is -0.000347. The van der Waals surface area contributed by atoms with Gasteiger partial charge in [0.25, 0.3) is 0 Å². The van der Waals surface area contributed by atoms with Gasteiger partial charge in [0.15, 0.2) is 0 Å². The monoisotopic (exact) mass is 304 g/mol. The number of nitrogens with one attached hydrogen (secondary N) is 1. The number of methoxy groups -OCH3 is 1. The van der Waals surface area contributed by atoms with Gasteiger partial charge in [0.05, 0.1) is 19.7 Å². The van der Waals surface area contributed by atoms with Gasteiger partial charge in [0.2, 0.25) is 10.0 Å². The zero-order valence-electron chi connectivity index (χ0n) is 8.40. The standard InChI is InChI=1S/C9H9BrN2O3S/c1-15-8-3-2-7(10)6-9(8)16(13,14)12-5-4-11/h2-3,6,12H,5H2,1H3. The molecule has 7 heteroatoms. The van der Waals surface area contributed by atoms with Crippen LogP contribution in [0.15, 0.2) is 27.6 Å². The Hall–Kier alpha value is -1.10. The van der Waals surface area contributed by atoms with Crippen molar-refractivity contribution in [1.82, 2.24) is 4.72 Å². The number of nitrogens with zero attached hydrogens (tertiary/aromatic N) is 1. The number of hydrogen-bond acceptors (Lipinski definition) is 4. The fraction of sp³-hybridized carbons (Fsp3) is 0.222. The first-order chi connectivity index (χ1) is 7.51. The molecule has 1 rings (SSSR count). The number of halogens is 1. The average molecular weight is 305 g/mol. The summed E-state index contributed by atoms with van der Waals surface area (Å²) in [6.45, 7) is -0.280. The van der Waals surface area contributed by atoms with Gasteiger partial charge in [-0.05, 0) is 18.2 Å². The van der Waals surface area contributed by atoms with E-state index in [1.165, 1.54) is 19.2 Å². The van der Waals surface area contributed by atoms with Crippen LogP contribution >= 0.6 is 15.9 Å². The maximum atomic E-state index is 11.8. The second-order valence-corrected chi connectivity index (χ2v) is 5.43. The first-order valence-corrected chi connectivity index (χ1v) is 6.49. The fourth-order valence-electron chi connectivity index (χ4n) is 1.07. The number of nitriles is 1. The Morgan fingerprint density at radius 1 is 1.56 bits per heavy atom. The predicted molar refractivity (Wildman–Crippen MR) is 61.5 cm³/mol. The second-order valence-electron chi connectivity index (χ2n) is 2.78. The van der Waals surface area contributed by atoms with E-state index in [0.717, 1.165) is 0 Å². The smallest absolute Gasteiger partial charge is 0.245 e. The van der Waals surface area contributed by atoms with Gasteiger partial charge in [-0.3, -0.25) is 0 Å². The topological polar surface area (TPSA) is 79.2 Å². The van der Waals surface area contributed by atoms with Crippen LogP contribution in [-0.2, 0) is 10.0 Å². The summed E-state index contributed by atoms with van der Waals surface area (Å²) < 4.78 is 31.2. The van der Waals surface area contributed by atoms with Gasteiger partial charge in [-0.2, -0.15) is 9.98 Å². The fourth-order valence-corrected chi connectivity index (χ4v) is 2.69. The summed E-state index contributed by atoms with van der Waals surface area (Å²) in [7, 11) is -2.33. The largest absolute Gasteiger partial charge is 0.495 e. The third-order valence-corrected chi connectivity index (χ3v) is 3.67. The van der Waals surface area contributed by atoms with Crippen molar-refractivity contribution < 1.29 is 13.2 Å². The van der Waals surface area contributed by atoms with E-state index in [4.69, 9.17) is 10.00 Å². The molecular formula is C9H9BrN2O3S. The number of ether oxygens (including phenoxy) is 1. The second kappa shape index (κ2) is 5.30. The Labute approximate surface area is 102 Å². The minimum Gasteiger partial charge on any atom is -0.495 e. The molecule has 0 atom stereocenters. The first kappa shape index (κ1) is 13.0. The van der Waals surface area contributed by atoms with E-state index >= 15 is 0 Å². The van der Waals surface area contributed by atoms with Gasteiger partial charge < -0.3 is 4.74 Å². The maximum absolute atomic E-state index is 11.8. The van der Waals surface area contributed by atoms with Crippen LogP contribution in [0.5, 0.6) is 5.75 Å². The summed E-state index contributed by atoms with van der Waals surface area (Å²) in [5, 5.41) is 8.34. The highest BCUT2D eigenvalue weighted by Crippen LogP contribution is 2.26. The molecule has 0 unspecified atom stereocenters. The zero-order chi connectivity index (χ0) is 12.2. The van der Waals surface area contributed by atoms with Crippen molar-refractivity contribution in [2.45, 2.75) is 4.90 Å². The molecule has 0 fully saturated rings. The van der Waals surface area contributed by atoms with Crippen LogP contribution < -0.4 is 9.46 Å². The highest BCUT2D eigenvalue weighted by Gasteiger charge is 2.19. The third kappa shape index (κ3) is 2.95. The van der Waals surface area contributed by atoms with E-state index in [0.29, 0.717) is 4.47 Å². The SMILES string of the molecule is COc1ccc(Br)cc1S(=O)(=O)NCC#N. The zero-order valence-corrected chi connectivity index (χ0v) is 10.8. The van der Waals surface area contributed by atoms with Crippen molar-refractivity contribution in [3.63, 3.8) is 0 Å². The minimum atomic E-state index is -3.72. The quantitative estimate of drug-likeness (QED) is 0.849. The lowest BCUT2D eigenvalue weighted by Crippen LogP contribution is -2.24. The van der Waals surface area contributed by atoms with Crippen molar-refractivity contribution in [2.24, 2.45) is 0 Å². The van der Waals surface area contributed by atoms with E-state index in [-0.39, 0.29) is 17.2 Å². The molecule has 0 amide bonds. The summed E-state index contributed by atoms with van der Waals surface area (Å²) in [5.41, 5.74) is 0. The van der Waals surface area contributed by atoms with E-state index in [2.05, 4.69) is 20.7 Å². The van der Waals surface area contributed by atoms with Crippen LogP contribution in [0.3, 0.4) is 0 Å². The summed E-state index contributed by atoms with van der Waals surface area (Å²) in [6, 6.07) is 6.32. The van der Waals surface area contributed by atoms with Gasteiger partial charge in [-0.15, -0.1) is 0 Å². The summed E-state index contributed by atoms with van der Waals surface area (Å²) >= 11 is 3.17. The van der Waals surface area contributed by atoms with E-state index in [1.807, 2.05) is 0 Å². The van der Waals surface area contributed by atoms with Crippen molar-refractivity contribution in [1.29, 1.82) is 5.26 Å². The van der Waals surface area contributed by atoms with Crippen molar-refractivity contribution >= 4 is 26.0 Å². The van der Waals surface area contributed by atoms with E-state index in [1.54, 1.807) is 12.1 Å². The Kier molecular flexibility index (Phi) is 4.29. The Morgan fingerprint density at radius 2 is 2.25 bits per heavy atom. The van der Waals surface area contributed by atoms with Crippen LogP contribution in [0.25, 0.3) is 0 Å². The lowest BCUT2D eigenvalue weighted by Gasteiger charge is -2.09. The number of rotatable bonds is 4. The molecule has 5 nitrogen and oxygen atoms in total. The van der Waals surface area contributed by atoms with Crippen molar-refractivity contribution in [2.75, 3.05) is 13.7 Å². The number of benzene rings is 1. The number of hydrogen-bond donors (Lipinski definition) is 1. The molecule has 0 aliphatic rings. The molecule has 0 saturated heterocycles. The summed E-state index contributed by atoms with van der Waals surface area (Å²) in [6.07, 6.45) is 0. The van der Waals surface area contributed by atoms with E-state index in [9.17, 15) is 8.42 Å². The van der Waals surface area contributed by atoms with Gasteiger partial charge >= 0.3 is 0 Å².